The number of nitrogens with one attached hydrogen (secondary N) is 1. The van der Waals surface area contributed by atoms with Crippen LogP contribution in [0, 0.1) is 5.41 Å². The van der Waals surface area contributed by atoms with E-state index >= 15 is 0 Å². The summed E-state index contributed by atoms with van der Waals surface area (Å²) in [4.78, 5) is 0. The molecule has 0 saturated heterocycles. The fourth-order valence-corrected chi connectivity index (χ4v) is 3.07. The minimum Gasteiger partial charge on any atom is -0.377 e. The molecular weight excluding hydrogens is 232 g/mol. The average Bonchev–Trinajstić information content (AvgIpc) is 2.58. The summed E-state index contributed by atoms with van der Waals surface area (Å²) in [6.45, 7) is 5.22. The van der Waals surface area contributed by atoms with Crippen LogP contribution in [0.15, 0.2) is 24.3 Å². The number of benzene rings is 1. The third kappa shape index (κ3) is 2.16. The first-order valence-corrected chi connectivity index (χ1v) is 6.61. The van der Waals surface area contributed by atoms with Crippen LogP contribution in [0.25, 0.3) is 0 Å². The van der Waals surface area contributed by atoms with Crippen molar-refractivity contribution in [1.29, 1.82) is 0 Å². The van der Waals surface area contributed by atoms with Crippen molar-refractivity contribution < 1.29 is 0 Å². The SMILES string of the molecule is CC1(C)CCCC1(CN)Nc1ccccc1Cl. The van der Waals surface area contributed by atoms with E-state index in [4.69, 9.17) is 17.3 Å². The summed E-state index contributed by atoms with van der Waals surface area (Å²) in [5, 5.41) is 4.37. The van der Waals surface area contributed by atoms with Crippen molar-refractivity contribution in [2.75, 3.05) is 11.9 Å². The van der Waals surface area contributed by atoms with E-state index in [0.29, 0.717) is 6.54 Å². The molecule has 1 unspecified atom stereocenters. The van der Waals surface area contributed by atoms with E-state index in [0.717, 1.165) is 17.1 Å². The molecule has 1 aromatic carbocycles. The van der Waals surface area contributed by atoms with Crippen LogP contribution in [0.5, 0.6) is 0 Å². The van der Waals surface area contributed by atoms with E-state index in [1.54, 1.807) is 0 Å². The highest BCUT2D eigenvalue weighted by Gasteiger charge is 2.47. The standard InChI is InChI=1S/C14H21ClN2/c1-13(2)8-5-9-14(13,10-16)17-12-7-4-3-6-11(12)15/h3-4,6-7,17H,5,8-10,16H2,1-2H3. The van der Waals surface area contributed by atoms with Gasteiger partial charge in [0.2, 0.25) is 0 Å². The summed E-state index contributed by atoms with van der Waals surface area (Å²) in [5.74, 6) is 0. The maximum Gasteiger partial charge on any atom is 0.0637 e. The Bertz CT molecular complexity index is 403. The minimum absolute atomic E-state index is 0.0298. The molecular formula is C14H21ClN2. The van der Waals surface area contributed by atoms with Crippen molar-refractivity contribution in [3.05, 3.63) is 29.3 Å². The molecule has 1 aliphatic carbocycles. The number of nitrogens with two attached hydrogens (primary N) is 1. The number of hydrogen-bond acceptors (Lipinski definition) is 2. The van der Waals surface area contributed by atoms with E-state index in [-0.39, 0.29) is 11.0 Å². The molecule has 2 rings (SSSR count). The van der Waals surface area contributed by atoms with Gasteiger partial charge in [-0.25, -0.2) is 0 Å². The molecule has 1 atom stereocenters. The fraction of sp³-hybridized carbons (Fsp3) is 0.571. The molecule has 0 bridgehead atoms. The summed E-state index contributed by atoms with van der Waals surface area (Å²) in [6, 6.07) is 7.88. The van der Waals surface area contributed by atoms with Crippen molar-refractivity contribution >= 4 is 17.3 Å². The number of rotatable bonds is 3. The molecule has 1 fully saturated rings. The second kappa shape index (κ2) is 4.51. The second-order valence-electron chi connectivity index (χ2n) is 5.63. The molecule has 3 heteroatoms. The van der Waals surface area contributed by atoms with E-state index in [1.165, 1.54) is 12.8 Å². The first-order valence-electron chi connectivity index (χ1n) is 6.24. The van der Waals surface area contributed by atoms with Gasteiger partial charge in [-0.1, -0.05) is 44.0 Å². The molecule has 0 aromatic heterocycles. The lowest BCUT2D eigenvalue weighted by Crippen LogP contribution is -2.53. The summed E-state index contributed by atoms with van der Waals surface area (Å²) < 4.78 is 0. The van der Waals surface area contributed by atoms with Gasteiger partial charge in [-0.3, -0.25) is 0 Å². The van der Waals surface area contributed by atoms with Crippen LogP contribution in [0.4, 0.5) is 5.69 Å². The van der Waals surface area contributed by atoms with Gasteiger partial charge in [-0.15, -0.1) is 0 Å². The van der Waals surface area contributed by atoms with Crippen molar-refractivity contribution in [3.8, 4) is 0 Å². The van der Waals surface area contributed by atoms with Gasteiger partial charge in [0.15, 0.2) is 0 Å². The minimum atomic E-state index is -0.0298. The lowest BCUT2D eigenvalue weighted by atomic mass is 9.74. The third-order valence-electron chi connectivity index (χ3n) is 4.30. The molecule has 1 aromatic rings. The second-order valence-corrected chi connectivity index (χ2v) is 6.04. The van der Waals surface area contributed by atoms with Crippen molar-refractivity contribution in [1.82, 2.24) is 0 Å². The normalized spacial score (nSPS) is 27.1. The summed E-state index contributed by atoms with van der Waals surface area (Å²) >= 11 is 6.21. The van der Waals surface area contributed by atoms with Crippen molar-refractivity contribution in [2.45, 2.75) is 38.6 Å². The highest BCUT2D eigenvalue weighted by atomic mass is 35.5. The Morgan fingerprint density at radius 1 is 1.29 bits per heavy atom. The van der Waals surface area contributed by atoms with E-state index in [9.17, 15) is 0 Å². The summed E-state index contributed by atoms with van der Waals surface area (Å²) in [6.07, 6.45) is 3.55. The molecule has 1 aliphatic rings. The maximum absolute atomic E-state index is 6.21. The molecule has 0 amide bonds. The molecule has 17 heavy (non-hydrogen) atoms. The van der Waals surface area contributed by atoms with Gasteiger partial charge in [-0.2, -0.15) is 0 Å². The molecule has 0 aliphatic heterocycles. The van der Waals surface area contributed by atoms with Gasteiger partial charge in [0.1, 0.15) is 0 Å². The number of hydrogen-bond donors (Lipinski definition) is 2. The Morgan fingerprint density at radius 2 is 2.00 bits per heavy atom. The molecule has 0 heterocycles. The zero-order chi connectivity index (χ0) is 12.5. The van der Waals surface area contributed by atoms with E-state index in [1.807, 2.05) is 24.3 Å². The molecule has 0 spiro atoms. The molecule has 94 valence electrons. The number of para-hydroxylation sites is 1. The van der Waals surface area contributed by atoms with Gasteiger partial charge in [-0.05, 0) is 30.4 Å². The van der Waals surface area contributed by atoms with Crippen molar-refractivity contribution in [2.24, 2.45) is 11.1 Å². The van der Waals surface area contributed by atoms with E-state index in [2.05, 4.69) is 19.2 Å². The highest BCUT2D eigenvalue weighted by Crippen LogP contribution is 2.47. The van der Waals surface area contributed by atoms with Crippen LogP contribution in [-0.4, -0.2) is 12.1 Å². The first kappa shape index (κ1) is 12.7. The van der Waals surface area contributed by atoms with E-state index < -0.39 is 0 Å². The summed E-state index contributed by atoms with van der Waals surface area (Å²) in [5.41, 5.74) is 7.21. The monoisotopic (exact) mass is 252 g/mol. The molecule has 2 nitrogen and oxygen atoms in total. The van der Waals surface area contributed by atoms with Crippen LogP contribution in [0.3, 0.4) is 0 Å². The highest BCUT2D eigenvalue weighted by molar-refractivity contribution is 6.33. The van der Waals surface area contributed by atoms with Crippen molar-refractivity contribution in [3.63, 3.8) is 0 Å². The first-order chi connectivity index (χ1) is 8.01. The zero-order valence-electron chi connectivity index (χ0n) is 10.6. The Morgan fingerprint density at radius 3 is 2.53 bits per heavy atom. The van der Waals surface area contributed by atoms with Gasteiger partial charge in [0.25, 0.3) is 0 Å². The topological polar surface area (TPSA) is 38.0 Å². The van der Waals surface area contributed by atoms with Gasteiger partial charge in [0.05, 0.1) is 16.2 Å². The molecule has 1 saturated carbocycles. The lowest BCUT2D eigenvalue weighted by molar-refractivity contribution is 0.239. The predicted molar refractivity (Wildman–Crippen MR) is 74.5 cm³/mol. The predicted octanol–water partition coefficient (Wildman–Crippen LogP) is 3.66. The van der Waals surface area contributed by atoms with Crippen LogP contribution in [0.2, 0.25) is 5.02 Å². The fourth-order valence-electron chi connectivity index (χ4n) is 2.89. The zero-order valence-corrected chi connectivity index (χ0v) is 11.3. The number of halogens is 1. The summed E-state index contributed by atoms with van der Waals surface area (Å²) in [7, 11) is 0. The van der Waals surface area contributed by atoms with Crippen LogP contribution in [-0.2, 0) is 0 Å². The van der Waals surface area contributed by atoms with Crippen LogP contribution >= 0.6 is 11.6 Å². The lowest BCUT2D eigenvalue weighted by Gasteiger charge is -2.42. The van der Waals surface area contributed by atoms with Gasteiger partial charge >= 0.3 is 0 Å². The Balaban J connectivity index is 2.30. The van der Waals surface area contributed by atoms with Gasteiger partial charge < -0.3 is 11.1 Å². The molecule has 0 radical (unpaired) electrons. The maximum atomic E-state index is 6.21. The average molecular weight is 253 g/mol. The quantitative estimate of drug-likeness (QED) is 0.862. The molecule has 3 N–H and O–H groups in total. The Hall–Kier alpha value is -0.730. The third-order valence-corrected chi connectivity index (χ3v) is 4.63. The largest absolute Gasteiger partial charge is 0.377 e. The smallest absolute Gasteiger partial charge is 0.0637 e. The van der Waals surface area contributed by atoms with Crippen LogP contribution < -0.4 is 11.1 Å². The Labute approximate surface area is 109 Å². The number of anilines is 1. The van der Waals surface area contributed by atoms with Crippen LogP contribution in [0.1, 0.15) is 33.1 Å². The van der Waals surface area contributed by atoms with Gasteiger partial charge in [0, 0.05) is 6.54 Å². The Kier molecular flexibility index (Phi) is 3.37.